The predicted molar refractivity (Wildman–Crippen MR) is 164 cm³/mol. The minimum Gasteiger partial charge on any atom is -0.492 e. The van der Waals surface area contributed by atoms with E-state index < -0.39 is 0 Å². The summed E-state index contributed by atoms with van der Waals surface area (Å²) in [5, 5.41) is 4.56. The second-order valence-corrected chi connectivity index (χ2v) is 11.1. The van der Waals surface area contributed by atoms with Crippen LogP contribution in [0.25, 0.3) is 28.1 Å². The molecule has 2 saturated heterocycles. The Labute approximate surface area is 248 Å². The van der Waals surface area contributed by atoms with E-state index in [1.165, 1.54) is 5.69 Å². The van der Waals surface area contributed by atoms with E-state index in [2.05, 4.69) is 49.0 Å². The van der Waals surface area contributed by atoms with Crippen molar-refractivity contribution in [3.05, 3.63) is 59.2 Å². The third kappa shape index (κ3) is 5.46. The second kappa shape index (κ2) is 11.7. The number of nitrogens with zero attached hydrogens (tertiary/aromatic N) is 8. The van der Waals surface area contributed by atoms with Gasteiger partial charge in [-0.3, -0.25) is 18.9 Å². The van der Waals surface area contributed by atoms with E-state index in [0.29, 0.717) is 35.8 Å². The molecule has 4 aromatic heterocycles. The average Bonchev–Trinajstić information content (AvgIpc) is 3.78. The number of hydrogen-bond donors (Lipinski definition) is 1. The first-order chi connectivity index (χ1) is 21.0. The fraction of sp³-hybridized carbons (Fsp3) is 0.433. The van der Waals surface area contributed by atoms with Crippen molar-refractivity contribution in [2.45, 2.75) is 6.54 Å². The summed E-state index contributed by atoms with van der Waals surface area (Å²) >= 11 is 0. The van der Waals surface area contributed by atoms with Crippen LogP contribution in [0, 0.1) is 0 Å². The first-order valence-corrected chi connectivity index (χ1v) is 14.8. The number of ether oxygens (including phenoxy) is 2. The Morgan fingerprint density at radius 2 is 1.72 bits per heavy atom. The molecular formula is C30H37N9O4. The summed E-state index contributed by atoms with van der Waals surface area (Å²) in [5.74, 6) is 1.75. The van der Waals surface area contributed by atoms with Gasteiger partial charge >= 0.3 is 5.69 Å². The molecule has 13 heteroatoms. The number of fused-ring (bicyclic) bond motifs is 3. The molecule has 0 radical (unpaired) electrons. The standard InChI is InChI=1S/C30H37N9O4/c1-34-27-25-21-24(26-3-2-17-43-26)33-39(25)29(31)32-28(27)38(30(34)40)13-10-35-8-11-37(12-9-35)22-4-6-23(7-5-22)42-20-16-36-14-18-41-19-15-36/h2-7,17,21H,8-16,18-20H2,1H3,(H2,31,32). The van der Waals surface area contributed by atoms with Crippen molar-refractivity contribution in [3.63, 3.8) is 0 Å². The quantitative estimate of drug-likeness (QED) is 0.273. The highest BCUT2D eigenvalue weighted by atomic mass is 16.5. The number of nitrogen functional groups attached to an aromatic ring is 1. The molecule has 0 atom stereocenters. The summed E-state index contributed by atoms with van der Waals surface area (Å²) in [6.07, 6.45) is 1.60. The van der Waals surface area contributed by atoms with E-state index in [4.69, 9.17) is 19.6 Å². The normalized spacial score (nSPS) is 16.9. The number of imidazole rings is 1. The van der Waals surface area contributed by atoms with Crippen molar-refractivity contribution in [3.8, 4) is 17.2 Å². The molecule has 2 aliphatic heterocycles. The summed E-state index contributed by atoms with van der Waals surface area (Å²) in [4.78, 5) is 25.1. The molecule has 0 aliphatic carbocycles. The number of nitrogens with two attached hydrogens (primary N) is 1. The maximum atomic E-state index is 13.3. The predicted octanol–water partition coefficient (Wildman–Crippen LogP) is 1.76. The number of anilines is 2. The SMILES string of the molecule is Cn1c(=O)n(CCN2CCN(c3ccc(OCCN4CCOCC4)cc3)CC2)c2nc(N)n3nc(-c4ccco4)cc3c21. The molecule has 2 N–H and O–H groups in total. The number of piperazine rings is 1. The molecule has 226 valence electrons. The molecule has 1 aromatic carbocycles. The lowest BCUT2D eigenvalue weighted by Crippen LogP contribution is -2.47. The Balaban J connectivity index is 0.968. The van der Waals surface area contributed by atoms with Gasteiger partial charge in [0.25, 0.3) is 0 Å². The van der Waals surface area contributed by atoms with Gasteiger partial charge in [-0.25, -0.2) is 4.79 Å². The number of aryl methyl sites for hydroxylation is 1. The van der Waals surface area contributed by atoms with E-state index in [0.717, 1.165) is 76.8 Å². The van der Waals surface area contributed by atoms with Gasteiger partial charge in [0.05, 0.1) is 25.0 Å². The molecule has 2 fully saturated rings. The van der Waals surface area contributed by atoms with Crippen LogP contribution in [0.4, 0.5) is 11.6 Å². The van der Waals surface area contributed by atoms with Gasteiger partial charge in [-0.2, -0.15) is 14.6 Å². The van der Waals surface area contributed by atoms with Crippen LogP contribution < -0.4 is 21.1 Å². The summed E-state index contributed by atoms with van der Waals surface area (Å²) in [6.45, 7) is 10.1. The third-order valence-electron chi connectivity index (χ3n) is 8.48. The van der Waals surface area contributed by atoms with Crippen LogP contribution in [0.2, 0.25) is 0 Å². The molecule has 0 unspecified atom stereocenters. The minimum atomic E-state index is -0.123. The molecule has 43 heavy (non-hydrogen) atoms. The zero-order chi connectivity index (χ0) is 29.3. The largest absolute Gasteiger partial charge is 0.492 e. The van der Waals surface area contributed by atoms with E-state index >= 15 is 0 Å². The van der Waals surface area contributed by atoms with E-state index in [1.54, 1.807) is 27.0 Å². The van der Waals surface area contributed by atoms with Crippen molar-refractivity contribution >= 4 is 28.3 Å². The van der Waals surface area contributed by atoms with Gasteiger partial charge in [0.1, 0.15) is 23.6 Å². The van der Waals surface area contributed by atoms with Crippen LogP contribution in [0.15, 0.2) is 57.9 Å². The van der Waals surface area contributed by atoms with Crippen molar-refractivity contribution in [1.82, 2.24) is 33.5 Å². The average molecular weight is 588 g/mol. The number of benzene rings is 1. The monoisotopic (exact) mass is 587 g/mol. The molecule has 0 amide bonds. The first kappa shape index (κ1) is 27.5. The molecule has 13 nitrogen and oxygen atoms in total. The molecule has 0 saturated carbocycles. The van der Waals surface area contributed by atoms with Crippen molar-refractivity contribution in [2.24, 2.45) is 7.05 Å². The lowest BCUT2D eigenvalue weighted by Gasteiger charge is -2.36. The van der Waals surface area contributed by atoms with Crippen LogP contribution in [-0.4, -0.2) is 106 Å². The van der Waals surface area contributed by atoms with E-state index in [-0.39, 0.29) is 11.6 Å². The Hall–Kier alpha value is -4.33. The number of aromatic nitrogens is 5. The molecule has 7 rings (SSSR count). The van der Waals surface area contributed by atoms with Crippen molar-refractivity contribution < 1.29 is 13.9 Å². The van der Waals surface area contributed by atoms with Gasteiger partial charge < -0.3 is 24.5 Å². The van der Waals surface area contributed by atoms with E-state index in [9.17, 15) is 4.79 Å². The van der Waals surface area contributed by atoms with Gasteiger partial charge in [-0.15, -0.1) is 0 Å². The van der Waals surface area contributed by atoms with Crippen LogP contribution >= 0.6 is 0 Å². The maximum absolute atomic E-state index is 13.3. The number of furan rings is 1. The topological polar surface area (TPSA) is 124 Å². The zero-order valence-corrected chi connectivity index (χ0v) is 24.4. The highest BCUT2D eigenvalue weighted by Gasteiger charge is 2.22. The lowest BCUT2D eigenvalue weighted by molar-refractivity contribution is 0.0322. The fourth-order valence-electron chi connectivity index (χ4n) is 6.01. The van der Waals surface area contributed by atoms with Crippen molar-refractivity contribution in [2.75, 3.05) is 82.8 Å². The van der Waals surface area contributed by atoms with Gasteiger partial charge in [0.15, 0.2) is 11.4 Å². The Kier molecular flexibility index (Phi) is 7.51. The van der Waals surface area contributed by atoms with Crippen molar-refractivity contribution in [1.29, 1.82) is 0 Å². The Morgan fingerprint density at radius 3 is 2.47 bits per heavy atom. The van der Waals surface area contributed by atoms with Gasteiger partial charge in [0.2, 0.25) is 5.95 Å². The van der Waals surface area contributed by atoms with Gasteiger partial charge in [0, 0.05) is 71.6 Å². The molecule has 0 bridgehead atoms. The second-order valence-electron chi connectivity index (χ2n) is 11.1. The number of hydrogen-bond acceptors (Lipinski definition) is 10. The van der Waals surface area contributed by atoms with Gasteiger partial charge in [-0.05, 0) is 42.5 Å². The van der Waals surface area contributed by atoms with Crippen LogP contribution in [0.3, 0.4) is 0 Å². The smallest absolute Gasteiger partial charge is 0.330 e. The number of morpholine rings is 1. The molecule has 2 aliphatic rings. The summed E-state index contributed by atoms with van der Waals surface area (Å²) in [7, 11) is 1.76. The number of rotatable bonds is 9. The lowest BCUT2D eigenvalue weighted by atomic mass is 10.2. The molecule has 0 spiro atoms. The first-order valence-electron chi connectivity index (χ1n) is 14.8. The van der Waals surface area contributed by atoms with Crippen LogP contribution in [-0.2, 0) is 18.3 Å². The summed E-state index contributed by atoms with van der Waals surface area (Å²) in [5.41, 5.74) is 9.98. The van der Waals surface area contributed by atoms with Crippen LogP contribution in [0.1, 0.15) is 0 Å². The molecular weight excluding hydrogens is 550 g/mol. The highest BCUT2D eigenvalue weighted by molar-refractivity contribution is 5.91. The summed E-state index contributed by atoms with van der Waals surface area (Å²) in [6, 6.07) is 13.9. The zero-order valence-electron chi connectivity index (χ0n) is 24.4. The molecule has 6 heterocycles. The Bertz CT molecular complexity index is 1740. The van der Waals surface area contributed by atoms with Crippen LogP contribution in [0.5, 0.6) is 5.75 Å². The summed E-state index contributed by atoms with van der Waals surface area (Å²) < 4.78 is 21.8. The minimum absolute atomic E-state index is 0.123. The van der Waals surface area contributed by atoms with E-state index in [1.807, 2.05) is 18.2 Å². The Morgan fingerprint density at radius 1 is 0.953 bits per heavy atom. The van der Waals surface area contributed by atoms with Gasteiger partial charge in [-0.1, -0.05) is 0 Å². The highest BCUT2D eigenvalue weighted by Crippen LogP contribution is 2.26. The third-order valence-corrected chi connectivity index (χ3v) is 8.48. The maximum Gasteiger partial charge on any atom is 0.330 e. The molecule has 5 aromatic rings. The fourth-order valence-corrected chi connectivity index (χ4v) is 6.01.